The van der Waals surface area contributed by atoms with Crippen molar-refractivity contribution in [3.05, 3.63) is 93.8 Å². The first-order valence-electron chi connectivity index (χ1n) is 12.1. The highest BCUT2D eigenvalue weighted by Gasteiger charge is 2.18. The first-order chi connectivity index (χ1) is 18.8. The fourth-order valence-corrected chi connectivity index (χ4v) is 4.90. The lowest BCUT2D eigenvalue weighted by atomic mass is 9.97. The molecular formula is C29H26N2O8S. The van der Waals surface area contributed by atoms with Gasteiger partial charge in [0.15, 0.2) is 11.9 Å². The van der Waals surface area contributed by atoms with Gasteiger partial charge in [-0.15, -0.1) is 0 Å². The van der Waals surface area contributed by atoms with E-state index < -0.39 is 16.4 Å². The fraction of sp³-hybridized carbons (Fsp3) is 0.172. The maximum atomic E-state index is 11.1. The zero-order valence-electron chi connectivity index (χ0n) is 22.4. The number of fused-ring (bicyclic) bond motifs is 4. The van der Waals surface area contributed by atoms with Gasteiger partial charge in [-0.05, 0) is 71.6 Å². The van der Waals surface area contributed by atoms with Gasteiger partial charge in [0.05, 0.1) is 17.4 Å². The predicted molar refractivity (Wildman–Crippen MR) is 149 cm³/mol. The van der Waals surface area contributed by atoms with Crippen LogP contribution in [0.1, 0.15) is 23.7 Å². The molecule has 0 aliphatic carbocycles. The van der Waals surface area contributed by atoms with Crippen molar-refractivity contribution in [2.45, 2.75) is 27.7 Å². The van der Waals surface area contributed by atoms with Crippen molar-refractivity contribution in [1.29, 1.82) is 0 Å². The van der Waals surface area contributed by atoms with Crippen molar-refractivity contribution in [3.63, 3.8) is 0 Å². The van der Waals surface area contributed by atoms with E-state index in [9.17, 15) is 27.9 Å². The van der Waals surface area contributed by atoms with Gasteiger partial charge in [-0.25, -0.2) is 8.42 Å². The highest BCUT2D eigenvalue weighted by atomic mass is 32.3. The van der Waals surface area contributed by atoms with Crippen molar-refractivity contribution < 1.29 is 36.0 Å². The van der Waals surface area contributed by atoms with Crippen LogP contribution in [0.25, 0.3) is 38.2 Å². The molecule has 11 heteroatoms. The van der Waals surface area contributed by atoms with Gasteiger partial charge in [-0.3, -0.25) is 14.9 Å². The number of rotatable bonds is 4. The smallest absolute Gasteiger partial charge is 0.318 e. The molecule has 0 aliphatic heterocycles. The van der Waals surface area contributed by atoms with Crippen LogP contribution in [0.5, 0.6) is 5.75 Å². The van der Waals surface area contributed by atoms with E-state index >= 15 is 0 Å². The Morgan fingerprint density at radius 3 is 2.10 bits per heavy atom. The number of ether oxygens (including phenoxy) is 1. The number of aryl methyl sites for hydroxylation is 3. The summed E-state index contributed by atoms with van der Waals surface area (Å²) in [6.07, 6.45) is 2.10. The number of hydrogen-bond donors (Lipinski definition) is 0. The highest BCUT2D eigenvalue weighted by molar-refractivity contribution is 7.81. The van der Waals surface area contributed by atoms with Crippen LogP contribution in [0.15, 0.2) is 66.9 Å². The van der Waals surface area contributed by atoms with Crippen molar-refractivity contribution in [2.75, 3.05) is 7.11 Å². The van der Waals surface area contributed by atoms with E-state index in [1.54, 1.807) is 19.2 Å². The lowest BCUT2D eigenvalue weighted by Gasteiger charge is -2.12. The van der Waals surface area contributed by atoms with Crippen LogP contribution in [0, 0.1) is 30.9 Å². The molecule has 0 spiro atoms. The van der Waals surface area contributed by atoms with Gasteiger partial charge < -0.3 is 13.5 Å². The lowest BCUT2D eigenvalue weighted by molar-refractivity contribution is -0.516. The Kier molecular flexibility index (Phi) is 7.72. The van der Waals surface area contributed by atoms with Crippen molar-refractivity contribution in [2.24, 2.45) is 0 Å². The quantitative estimate of drug-likeness (QED) is 0.0550. The zero-order valence-corrected chi connectivity index (χ0v) is 23.2. The molecule has 2 heterocycles. The van der Waals surface area contributed by atoms with Gasteiger partial charge in [0, 0.05) is 49.1 Å². The molecule has 0 atom stereocenters. The molecule has 5 rings (SSSR count). The Balaban J connectivity index is 0.000000406. The minimum absolute atomic E-state index is 0.0715. The third-order valence-corrected chi connectivity index (χ3v) is 7.07. The number of benzene rings is 3. The summed E-state index contributed by atoms with van der Waals surface area (Å²) >= 11 is 0. The van der Waals surface area contributed by atoms with Crippen LogP contribution in [0.3, 0.4) is 0 Å². The molecule has 10 nitrogen and oxygen atoms in total. The van der Waals surface area contributed by atoms with Crippen LogP contribution in [-0.4, -0.2) is 31.0 Å². The second-order valence-corrected chi connectivity index (χ2v) is 10.2. The second-order valence-electron chi connectivity index (χ2n) is 9.25. The summed E-state index contributed by atoms with van der Waals surface area (Å²) in [6, 6.07) is 19.6. The maximum absolute atomic E-state index is 11.1. The van der Waals surface area contributed by atoms with E-state index in [0.717, 1.165) is 40.1 Å². The van der Waals surface area contributed by atoms with E-state index in [1.807, 2.05) is 6.07 Å². The highest BCUT2D eigenvalue weighted by Crippen LogP contribution is 2.36. The average molecular weight is 563 g/mol. The van der Waals surface area contributed by atoms with Gasteiger partial charge >= 0.3 is 5.97 Å². The third-order valence-electron chi connectivity index (χ3n) is 6.63. The lowest BCUT2D eigenvalue weighted by Crippen LogP contribution is -2.25. The normalized spacial score (nSPS) is 11.2. The topological polar surface area (TPSA) is 140 Å². The van der Waals surface area contributed by atoms with Gasteiger partial charge in [0.1, 0.15) is 5.75 Å². The number of nitro benzene ring substituents is 1. The van der Waals surface area contributed by atoms with Gasteiger partial charge in [-0.1, -0.05) is 6.07 Å². The summed E-state index contributed by atoms with van der Waals surface area (Å²) in [6.45, 7) is 7.26. The Morgan fingerprint density at radius 1 is 0.900 bits per heavy atom. The van der Waals surface area contributed by atoms with E-state index in [4.69, 9.17) is 4.74 Å². The van der Waals surface area contributed by atoms with Crippen LogP contribution in [0.2, 0.25) is 0 Å². The minimum Gasteiger partial charge on any atom is -0.716 e. The number of carbonyl (C=O) groups is 1. The summed E-state index contributed by atoms with van der Waals surface area (Å²) in [4.78, 5) is 20.3. The number of hydrogen-bond acceptors (Lipinski definition) is 8. The Hall–Kier alpha value is -4.61. The van der Waals surface area contributed by atoms with E-state index in [-0.39, 0.29) is 10.6 Å². The number of non-ortho nitro benzene ring substituents is 1. The van der Waals surface area contributed by atoms with Crippen molar-refractivity contribution in [3.8, 4) is 16.9 Å². The molecule has 0 fully saturated rings. The van der Waals surface area contributed by atoms with E-state index in [0.29, 0.717) is 0 Å². The van der Waals surface area contributed by atoms with Crippen LogP contribution in [0.4, 0.5) is 5.69 Å². The van der Waals surface area contributed by atoms with E-state index in [1.165, 1.54) is 39.7 Å². The largest absolute Gasteiger partial charge is 0.716 e. The fourth-order valence-electron chi connectivity index (χ4n) is 4.61. The summed E-state index contributed by atoms with van der Waals surface area (Å²) in [5, 5.41) is 15.7. The molecule has 0 saturated carbocycles. The number of carbonyl (C=O) groups excluding carboxylic acids is 1. The van der Waals surface area contributed by atoms with E-state index in [2.05, 4.69) is 65.9 Å². The number of pyridine rings is 2. The molecule has 5 aromatic rings. The molecule has 0 unspecified atom stereocenters. The summed E-state index contributed by atoms with van der Waals surface area (Å²) < 4.78 is 39.5. The van der Waals surface area contributed by atoms with Crippen molar-refractivity contribution >= 4 is 49.1 Å². The zero-order chi connectivity index (χ0) is 29.4. The first-order valence-corrected chi connectivity index (χ1v) is 13.4. The molecule has 0 N–H and O–H groups in total. The van der Waals surface area contributed by atoms with Gasteiger partial charge in [-0.2, -0.15) is 4.40 Å². The molecular weight excluding hydrogens is 536 g/mol. The minimum atomic E-state index is -4.82. The number of nitro groups is 1. The summed E-state index contributed by atoms with van der Waals surface area (Å²) in [7, 11) is -3.18. The predicted octanol–water partition coefficient (Wildman–Crippen LogP) is 5.25. The van der Waals surface area contributed by atoms with Crippen molar-refractivity contribution in [1.82, 2.24) is 0 Å². The Labute approximate surface area is 230 Å². The maximum Gasteiger partial charge on any atom is 0.318 e. The molecule has 0 radical (unpaired) electrons. The molecule has 0 saturated heterocycles. The number of nitrogens with zero attached hydrogens (tertiary/aromatic N) is 2. The number of aromatic nitrogens is 1. The van der Waals surface area contributed by atoms with Crippen LogP contribution in [-0.2, 0) is 19.4 Å². The standard InChI is InChI=1S/C27H23N2O3.C2H4O5S/c1-16-11-21-13-26-24-15-25(19-5-7-22(8-6-19)29(30)31)27(32-4)14-20(24)9-10-28(26)18(3)23(21)12-17(16)2;1-2(3)7-8(4,5)6/h5-15H,1-4H3;1H3,(H,4,5,6)/q+1;/p-1. The molecule has 0 bridgehead atoms. The second kappa shape index (κ2) is 10.9. The molecule has 0 amide bonds. The molecule has 40 heavy (non-hydrogen) atoms. The Bertz CT molecular complexity index is 1920. The third kappa shape index (κ3) is 5.85. The van der Waals surface area contributed by atoms with Crippen LogP contribution >= 0.6 is 0 Å². The SMILES string of the molecule is CC(=O)OS(=O)(=O)[O-].COc1cc2cc[n+]3c(C)c4cc(C)c(C)cc4cc3c2cc1-c1ccc([N+](=O)[O-])cc1. The van der Waals surface area contributed by atoms with Gasteiger partial charge in [0.2, 0.25) is 5.52 Å². The molecule has 2 aromatic heterocycles. The first kappa shape index (κ1) is 28.4. The molecule has 0 aliphatic rings. The monoisotopic (exact) mass is 562 g/mol. The Morgan fingerprint density at radius 2 is 1.55 bits per heavy atom. The van der Waals surface area contributed by atoms with Crippen LogP contribution < -0.4 is 9.14 Å². The molecule has 206 valence electrons. The average Bonchev–Trinajstić information content (AvgIpc) is 2.88. The molecule has 3 aromatic carbocycles. The van der Waals surface area contributed by atoms with Gasteiger partial charge in [0.25, 0.3) is 16.1 Å². The summed E-state index contributed by atoms with van der Waals surface area (Å²) in [5.41, 5.74) is 6.71. The number of methoxy groups -OCH3 is 1. The summed E-state index contributed by atoms with van der Waals surface area (Å²) in [5.74, 6) is -0.389.